The van der Waals surface area contributed by atoms with E-state index in [1.165, 1.54) is 11.8 Å². The van der Waals surface area contributed by atoms with E-state index >= 15 is 0 Å². The number of amides is 2. The van der Waals surface area contributed by atoms with Gasteiger partial charge in [-0.25, -0.2) is 9.59 Å². The maximum Gasteiger partial charge on any atom is 0.410 e. The molecule has 1 aliphatic carbocycles. The first-order valence-electron chi connectivity index (χ1n) is 15.9. The van der Waals surface area contributed by atoms with E-state index < -0.39 is 59.5 Å². The molecule has 3 aliphatic rings. The van der Waals surface area contributed by atoms with Crippen LogP contribution in [0, 0.1) is 17.8 Å². The molecule has 0 aromatic heterocycles. The molecular formula is C33H51N3O9. The lowest BCUT2D eigenvalue weighted by atomic mass is 9.79. The summed E-state index contributed by atoms with van der Waals surface area (Å²) in [5.41, 5.74) is -0.913. The molecule has 2 fully saturated rings. The molecule has 0 unspecified atom stereocenters. The Morgan fingerprint density at radius 1 is 1.04 bits per heavy atom. The number of piperazine rings is 1. The number of hydrogen-bond acceptors (Lipinski definition) is 10. The van der Waals surface area contributed by atoms with Gasteiger partial charge in [-0.15, -0.1) is 0 Å². The van der Waals surface area contributed by atoms with Crippen LogP contribution in [0.25, 0.3) is 0 Å². The van der Waals surface area contributed by atoms with Crippen LogP contribution in [0.1, 0.15) is 53.4 Å². The molecule has 45 heavy (non-hydrogen) atoms. The lowest BCUT2D eigenvalue weighted by Crippen LogP contribution is -2.50. The monoisotopic (exact) mass is 633 g/mol. The molecule has 2 saturated heterocycles. The standard InChI is InChI=1S/C33H51N3O9/c1-22(21-44-31(41)36-14-12-26(38)20-36)7-6-8-23(2)29-24(3)9-10-28(45-32(42)35-17-15-34(5)16-18-35)33(4,43)13-11-25(37)19-27(39)30(29)40/h6-10,22,24-26,28-29,37-38,43H,11-21H2,1-5H3/b7-6+,10-9+,23-8+/t22-,24+,25+,26-,28+,29-,33+/m1/s1. The molecule has 2 aliphatic heterocycles. The molecule has 0 aromatic carbocycles. The third-order valence-corrected chi connectivity index (χ3v) is 8.86. The van der Waals surface area contributed by atoms with Crippen LogP contribution in [0.3, 0.4) is 0 Å². The number of likely N-dealkylation sites (tertiary alicyclic amines) is 1. The molecule has 0 saturated carbocycles. The van der Waals surface area contributed by atoms with Crippen LogP contribution in [0.2, 0.25) is 0 Å². The summed E-state index contributed by atoms with van der Waals surface area (Å²) in [7, 11) is 1.98. The fourth-order valence-electron chi connectivity index (χ4n) is 5.74. The minimum absolute atomic E-state index is 0.0427. The van der Waals surface area contributed by atoms with Crippen molar-refractivity contribution in [2.75, 3.05) is 52.9 Å². The summed E-state index contributed by atoms with van der Waals surface area (Å²) in [5, 5.41) is 31.5. The minimum Gasteiger partial charge on any atom is -0.449 e. The zero-order valence-electron chi connectivity index (χ0n) is 27.3. The molecule has 252 valence electrons. The Kier molecular flexibility index (Phi) is 13.3. The van der Waals surface area contributed by atoms with Crippen molar-refractivity contribution in [1.29, 1.82) is 0 Å². The molecule has 2 heterocycles. The van der Waals surface area contributed by atoms with E-state index in [1.807, 2.05) is 20.0 Å². The highest BCUT2D eigenvalue weighted by Crippen LogP contribution is 2.29. The van der Waals surface area contributed by atoms with Gasteiger partial charge in [-0.2, -0.15) is 0 Å². The topological polar surface area (TPSA) is 157 Å². The Morgan fingerprint density at radius 2 is 1.73 bits per heavy atom. The van der Waals surface area contributed by atoms with E-state index in [4.69, 9.17) is 9.47 Å². The van der Waals surface area contributed by atoms with Crippen molar-refractivity contribution >= 4 is 23.8 Å². The zero-order chi connectivity index (χ0) is 33.3. The van der Waals surface area contributed by atoms with Gasteiger partial charge in [0, 0.05) is 51.6 Å². The quantitative estimate of drug-likeness (QED) is 0.225. The van der Waals surface area contributed by atoms with Crippen LogP contribution in [-0.2, 0) is 19.1 Å². The number of rotatable bonds is 6. The van der Waals surface area contributed by atoms with Crippen molar-refractivity contribution in [2.45, 2.75) is 77.3 Å². The number of β-amino-alcohol motifs (C(OH)–C–C–N with tert-alkyl or cyclic N) is 1. The van der Waals surface area contributed by atoms with Crippen LogP contribution in [0.15, 0.2) is 36.0 Å². The number of aliphatic hydroxyl groups is 3. The van der Waals surface area contributed by atoms with Crippen LogP contribution in [-0.4, -0.2) is 131 Å². The van der Waals surface area contributed by atoms with Crippen LogP contribution < -0.4 is 0 Å². The van der Waals surface area contributed by atoms with E-state index in [-0.39, 0.29) is 38.3 Å². The van der Waals surface area contributed by atoms with Gasteiger partial charge in [-0.1, -0.05) is 43.7 Å². The largest absolute Gasteiger partial charge is 0.449 e. The Balaban J connectivity index is 1.75. The predicted molar refractivity (Wildman–Crippen MR) is 167 cm³/mol. The molecule has 12 nitrogen and oxygen atoms in total. The normalized spacial score (nSPS) is 32.6. The summed E-state index contributed by atoms with van der Waals surface area (Å²) in [6.07, 6.45) is 5.13. The maximum atomic E-state index is 13.4. The van der Waals surface area contributed by atoms with Gasteiger partial charge in [0.25, 0.3) is 0 Å². The van der Waals surface area contributed by atoms with Gasteiger partial charge >= 0.3 is 12.2 Å². The van der Waals surface area contributed by atoms with Gasteiger partial charge in [0.15, 0.2) is 6.10 Å². The molecule has 2 amide bonds. The van der Waals surface area contributed by atoms with Crippen molar-refractivity contribution in [2.24, 2.45) is 17.8 Å². The average Bonchev–Trinajstić information content (AvgIpc) is 3.43. The van der Waals surface area contributed by atoms with E-state index in [0.717, 1.165) is 0 Å². The Hall–Kier alpha value is -3.06. The second-order valence-electron chi connectivity index (χ2n) is 13.1. The number of nitrogens with zero attached hydrogens (tertiary/aromatic N) is 3. The predicted octanol–water partition coefficient (Wildman–Crippen LogP) is 2.32. The van der Waals surface area contributed by atoms with Gasteiger partial charge in [0.05, 0.1) is 24.7 Å². The van der Waals surface area contributed by atoms with Crippen molar-refractivity contribution in [3.8, 4) is 0 Å². The van der Waals surface area contributed by atoms with Crippen molar-refractivity contribution in [1.82, 2.24) is 14.7 Å². The number of allylic oxidation sites excluding steroid dienone is 4. The molecule has 3 rings (SSSR count). The lowest BCUT2D eigenvalue weighted by Gasteiger charge is -2.36. The first-order valence-corrected chi connectivity index (χ1v) is 15.9. The number of aliphatic hydroxyl groups excluding tert-OH is 2. The van der Waals surface area contributed by atoms with Crippen molar-refractivity contribution < 1.29 is 44.0 Å². The summed E-state index contributed by atoms with van der Waals surface area (Å²) < 4.78 is 11.2. The smallest absolute Gasteiger partial charge is 0.410 e. The summed E-state index contributed by atoms with van der Waals surface area (Å²) in [4.78, 5) is 56.8. The van der Waals surface area contributed by atoms with Gasteiger partial charge in [0.2, 0.25) is 11.6 Å². The first kappa shape index (κ1) is 36.4. The Labute approximate surface area is 266 Å². The number of carbonyl (C=O) groups is 4. The number of hydrogen-bond donors (Lipinski definition) is 3. The van der Waals surface area contributed by atoms with Gasteiger partial charge in [-0.3, -0.25) is 9.59 Å². The SMILES string of the molecule is C/C(=C\C=C\[C@@H](C)COC(=O)N1CC[C@@H](O)C1)[C@H]1C(=O)C(=O)C[C@@H](O)CC[C@](C)(O)[C@@H](OC(=O)N2CCN(C)CC2)/C=C/[C@@H]1C. The molecular weight excluding hydrogens is 582 g/mol. The number of Topliss-reactive ketones (excluding diaryl/α,β-unsaturated/α-hetero) is 2. The Bertz CT molecular complexity index is 1140. The second kappa shape index (κ2) is 16.5. The summed E-state index contributed by atoms with van der Waals surface area (Å²) in [5.74, 6) is -2.79. The number of carbonyl (C=O) groups excluding carboxylic acids is 4. The summed E-state index contributed by atoms with van der Waals surface area (Å²) >= 11 is 0. The molecule has 7 atom stereocenters. The maximum absolute atomic E-state index is 13.4. The Morgan fingerprint density at radius 3 is 2.38 bits per heavy atom. The number of ketones is 2. The highest BCUT2D eigenvalue weighted by atomic mass is 16.6. The lowest BCUT2D eigenvalue weighted by molar-refractivity contribution is -0.140. The summed E-state index contributed by atoms with van der Waals surface area (Å²) in [6.45, 7) is 10.2. The molecule has 0 spiro atoms. The average molecular weight is 634 g/mol. The summed E-state index contributed by atoms with van der Waals surface area (Å²) in [6, 6.07) is 0. The second-order valence-corrected chi connectivity index (χ2v) is 13.1. The molecule has 0 radical (unpaired) electrons. The fraction of sp³-hybridized carbons (Fsp3) is 0.697. The van der Waals surface area contributed by atoms with E-state index in [9.17, 15) is 34.5 Å². The van der Waals surface area contributed by atoms with Crippen LogP contribution in [0.5, 0.6) is 0 Å². The van der Waals surface area contributed by atoms with Crippen LogP contribution >= 0.6 is 0 Å². The fourth-order valence-corrected chi connectivity index (χ4v) is 5.74. The van der Waals surface area contributed by atoms with E-state index in [1.54, 1.807) is 43.1 Å². The molecule has 3 N–H and O–H groups in total. The zero-order valence-corrected chi connectivity index (χ0v) is 27.3. The third-order valence-electron chi connectivity index (χ3n) is 8.86. The molecule has 12 heteroatoms. The van der Waals surface area contributed by atoms with Crippen LogP contribution in [0.4, 0.5) is 9.59 Å². The van der Waals surface area contributed by atoms with Gasteiger partial charge in [-0.05, 0) is 52.2 Å². The number of likely N-dealkylation sites (N-methyl/N-ethyl adjacent to an activating group) is 1. The van der Waals surface area contributed by atoms with E-state index in [2.05, 4.69) is 4.90 Å². The highest BCUT2D eigenvalue weighted by molar-refractivity contribution is 6.38. The molecule has 0 aromatic rings. The third kappa shape index (κ3) is 10.8. The number of ether oxygens (including phenoxy) is 2. The highest BCUT2D eigenvalue weighted by Gasteiger charge is 2.38. The van der Waals surface area contributed by atoms with E-state index in [0.29, 0.717) is 44.7 Å². The van der Waals surface area contributed by atoms with Crippen molar-refractivity contribution in [3.63, 3.8) is 0 Å². The van der Waals surface area contributed by atoms with Crippen molar-refractivity contribution in [3.05, 3.63) is 36.0 Å². The minimum atomic E-state index is -1.52. The van der Waals surface area contributed by atoms with Gasteiger partial charge < -0.3 is 39.5 Å². The molecule has 0 bridgehead atoms. The van der Waals surface area contributed by atoms with Gasteiger partial charge in [0.1, 0.15) is 5.60 Å². The first-order chi connectivity index (χ1) is 21.2.